The van der Waals surface area contributed by atoms with E-state index >= 15 is 0 Å². The third kappa shape index (κ3) is 4.51. The minimum Gasteiger partial charge on any atom is -0.350 e. The summed E-state index contributed by atoms with van der Waals surface area (Å²) in [6, 6.07) is 22.3. The Labute approximate surface area is 215 Å². The highest BCUT2D eigenvalue weighted by molar-refractivity contribution is 7.98. The number of nitrogens with one attached hydrogen (secondary N) is 1. The van der Waals surface area contributed by atoms with Gasteiger partial charge in [0.1, 0.15) is 11.5 Å². The standard InChI is InChI=1S/C27H18ClFN4O2S/c28-17-9-10-23-20(11-17)25-22(15-36-23)24(32-33(25)19-8-4-7-18(29)12-19)26(34)21(13-30)27(35)31-14-16-5-2-1-3-6-16/h1-12,21H,14-15H2,(H,31,35). The monoisotopic (exact) mass is 516 g/mol. The highest BCUT2D eigenvalue weighted by atomic mass is 35.5. The van der Waals surface area contributed by atoms with E-state index in [1.165, 1.54) is 28.6 Å². The highest BCUT2D eigenvalue weighted by Gasteiger charge is 2.35. The lowest BCUT2D eigenvalue weighted by Crippen LogP contribution is -2.34. The average Bonchev–Trinajstić information content (AvgIpc) is 3.29. The number of rotatable bonds is 6. The molecule has 0 spiro atoms. The number of nitriles is 1. The molecule has 1 unspecified atom stereocenters. The zero-order chi connectivity index (χ0) is 25.2. The number of nitrogens with zero attached hydrogens (tertiary/aromatic N) is 3. The van der Waals surface area contributed by atoms with Crippen LogP contribution in [-0.4, -0.2) is 21.5 Å². The highest BCUT2D eigenvalue weighted by Crippen LogP contribution is 2.45. The predicted molar refractivity (Wildman–Crippen MR) is 135 cm³/mol. The normalized spacial score (nSPS) is 12.7. The number of aromatic nitrogens is 2. The molecular weight excluding hydrogens is 499 g/mol. The number of amides is 1. The van der Waals surface area contributed by atoms with Gasteiger partial charge in [0.05, 0.1) is 17.5 Å². The summed E-state index contributed by atoms with van der Waals surface area (Å²) in [5, 5.41) is 17.4. The molecule has 1 aromatic heterocycles. The number of Topliss-reactive ketones (excluding diaryl/α,β-unsaturated/α-hetero) is 1. The number of thioether (sulfide) groups is 1. The Bertz CT molecular complexity index is 1530. The summed E-state index contributed by atoms with van der Waals surface area (Å²) >= 11 is 7.77. The number of benzene rings is 3. The molecule has 1 N–H and O–H groups in total. The van der Waals surface area contributed by atoms with Gasteiger partial charge >= 0.3 is 0 Å². The van der Waals surface area contributed by atoms with Gasteiger partial charge in [0.25, 0.3) is 0 Å². The molecule has 1 aliphatic heterocycles. The van der Waals surface area contributed by atoms with Crippen molar-refractivity contribution in [3.63, 3.8) is 0 Å². The average molecular weight is 517 g/mol. The van der Waals surface area contributed by atoms with Crippen molar-refractivity contribution < 1.29 is 14.0 Å². The predicted octanol–water partition coefficient (Wildman–Crippen LogP) is 5.58. The number of halogens is 2. The van der Waals surface area contributed by atoms with Crippen LogP contribution in [0, 0.1) is 23.1 Å². The van der Waals surface area contributed by atoms with Crippen LogP contribution in [0.3, 0.4) is 0 Å². The van der Waals surface area contributed by atoms with Crippen molar-refractivity contribution in [3.8, 4) is 23.0 Å². The van der Waals surface area contributed by atoms with E-state index in [0.29, 0.717) is 27.7 Å². The first-order valence-corrected chi connectivity index (χ1v) is 12.4. The molecule has 0 fully saturated rings. The quantitative estimate of drug-likeness (QED) is 0.267. The zero-order valence-corrected chi connectivity index (χ0v) is 20.3. The minimum absolute atomic E-state index is 0.00815. The molecule has 6 nitrogen and oxygen atoms in total. The molecule has 4 aromatic rings. The summed E-state index contributed by atoms with van der Waals surface area (Å²) in [5.74, 6) is -3.06. The topological polar surface area (TPSA) is 87.8 Å². The molecule has 0 radical (unpaired) electrons. The number of carbonyl (C=O) groups is 2. The van der Waals surface area contributed by atoms with Crippen molar-refractivity contribution in [1.82, 2.24) is 15.1 Å². The molecule has 3 aromatic carbocycles. The lowest BCUT2D eigenvalue weighted by atomic mass is 9.97. The Kier molecular flexibility index (Phi) is 6.59. The van der Waals surface area contributed by atoms with Crippen LogP contribution in [0.4, 0.5) is 4.39 Å². The van der Waals surface area contributed by atoms with E-state index in [2.05, 4.69) is 10.4 Å². The van der Waals surface area contributed by atoms with Crippen molar-refractivity contribution in [2.24, 2.45) is 5.92 Å². The number of hydrogen-bond donors (Lipinski definition) is 1. The second kappa shape index (κ2) is 9.97. The SMILES string of the molecule is N#CC(C(=O)NCc1ccccc1)C(=O)c1nn(-c2cccc(F)c2)c2c1CSc1ccc(Cl)cc1-2. The molecule has 2 heterocycles. The van der Waals surface area contributed by atoms with Gasteiger partial charge < -0.3 is 5.32 Å². The van der Waals surface area contributed by atoms with Crippen molar-refractivity contribution in [3.05, 3.63) is 100 Å². The molecule has 9 heteroatoms. The largest absolute Gasteiger partial charge is 0.350 e. The first-order chi connectivity index (χ1) is 17.5. The molecule has 0 saturated heterocycles. The number of fused-ring (bicyclic) bond motifs is 3. The lowest BCUT2D eigenvalue weighted by molar-refractivity contribution is -0.122. The summed E-state index contributed by atoms with van der Waals surface area (Å²) in [4.78, 5) is 27.3. The van der Waals surface area contributed by atoms with Crippen LogP contribution in [0.1, 0.15) is 21.6 Å². The molecule has 0 bridgehead atoms. The molecule has 36 heavy (non-hydrogen) atoms. The summed E-state index contributed by atoms with van der Waals surface area (Å²) in [5.41, 5.74) is 3.15. The maximum atomic E-state index is 14.1. The molecule has 178 valence electrons. The van der Waals surface area contributed by atoms with Gasteiger partial charge in [0, 0.05) is 33.3 Å². The van der Waals surface area contributed by atoms with Crippen molar-refractivity contribution in [2.75, 3.05) is 0 Å². The van der Waals surface area contributed by atoms with E-state index in [1.54, 1.807) is 24.3 Å². The smallest absolute Gasteiger partial charge is 0.245 e. The molecule has 1 atom stereocenters. The van der Waals surface area contributed by atoms with E-state index < -0.39 is 23.4 Å². The first kappa shape index (κ1) is 23.8. The Balaban J connectivity index is 1.56. The zero-order valence-electron chi connectivity index (χ0n) is 18.7. The summed E-state index contributed by atoms with van der Waals surface area (Å²) in [6.07, 6.45) is 0. The van der Waals surface area contributed by atoms with Gasteiger partial charge in [-0.25, -0.2) is 9.07 Å². The van der Waals surface area contributed by atoms with Crippen LogP contribution in [0.15, 0.2) is 77.7 Å². The number of hydrogen-bond acceptors (Lipinski definition) is 5. The van der Waals surface area contributed by atoms with E-state index in [9.17, 15) is 19.2 Å². The second-order valence-electron chi connectivity index (χ2n) is 8.13. The van der Waals surface area contributed by atoms with Crippen molar-refractivity contribution in [1.29, 1.82) is 5.26 Å². The summed E-state index contributed by atoms with van der Waals surface area (Å²) in [6.45, 7) is 0.183. The van der Waals surface area contributed by atoms with Crippen LogP contribution < -0.4 is 5.32 Å². The van der Waals surface area contributed by atoms with E-state index in [1.807, 2.05) is 42.5 Å². The maximum Gasteiger partial charge on any atom is 0.245 e. The van der Waals surface area contributed by atoms with Crippen LogP contribution in [-0.2, 0) is 17.1 Å². The van der Waals surface area contributed by atoms with Crippen LogP contribution >= 0.6 is 23.4 Å². The molecule has 0 aliphatic carbocycles. The van der Waals surface area contributed by atoms with Gasteiger partial charge in [-0.15, -0.1) is 11.8 Å². The Morgan fingerprint density at radius 3 is 2.69 bits per heavy atom. The fourth-order valence-electron chi connectivity index (χ4n) is 4.08. The van der Waals surface area contributed by atoms with E-state index in [-0.39, 0.29) is 12.2 Å². The molecule has 1 amide bonds. The van der Waals surface area contributed by atoms with E-state index in [0.717, 1.165) is 16.0 Å². The third-order valence-corrected chi connectivity index (χ3v) is 7.14. The van der Waals surface area contributed by atoms with Gasteiger partial charge in [-0.3, -0.25) is 9.59 Å². The fraction of sp³-hybridized carbons (Fsp3) is 0.111. The molecular formula is C27H18ClFN4O2S. The molecule has 1 aliphatic rings. The first-order valence-electron chi connectivity index (χ1n) is 11.0. The number of carbonyl (C=O) groups excluding carboxylic acids is 2. The number of ketones is 1. The van der Waals surface area contributed by atoms with Gasteiger partial charge in [-0.1, -0.05) is 48.0 Å². The fourth-order valence-corrected chi connectivity index (χ4v) is 5.30. The Morgan fingerprint density at radius 2 is 1.94 bits per heavy atom. The second-order valence-corrected chi connectivity index (χ2v) is 9.58. The van der Waals surface area contributed by atoms with Crippen molar-refractivity contribution >= 4 is 35.1 Å². The van der Waals surface area contributed by atoms with Gasteiger partial charge in [-0.2, -0.15) is 10.4 Å². The Morgan fingerprint density at radius 1 is 1.14 bits per heavy atom. The summed E-state index contributed by atoms with van der Waals surface area (Å²) < 4.78 is 15.6. The third-order valence-electron chi connectivity index (χ3n) is 5.80. The van der Waals surface area contributed by atoms with Gasteiger partial charge in [0.15, 0.2) is 5.92 Å². The Hall–Kier alpha value is -3.93. The minimum atomic E-state index is -1.58. The van der Waals surface area contributed by atoms with Crippen molar-refractivity contribution in [2.45, 2.75) is 17.2 Å². The van der Waals surface area contributed by atoms with Gasteiger partial charge in [-0.05, 0) is 42.0 Å². The maximum absolute atomic E-state index is 14.1. The molecule has 5 rings (SSSR count). The van der Waals surface area contributed by atoms with Crippen LogP contribution in [0.5, 0.6) is 0 Å². The van der Waals surface area contributed by atoms with Crippen LogP contribution in [0.2, 0.25) is 5.02 Å². The van der Waals surface area contributed by atoms with Crippen LogP contribution in [0.25, 0.3) is 16.9 Å². The van der Waals surface area contributed by atoms with Gasteiger partial charge in [0.2, 0.25) is 11.7 Å². The summed E-state index contributed by atoms with van der Waals surface area (Å²) in [7, 11) is 0. The molecule has 0 saturated carbocycles. The lowest BCUT2D eigenvalue weighted by Gasteiger charge is -2.19. The van der Waals surface area contributed by atoms with E-state index in [4.69, 9.17) is 11.6 Å².